The zero-order valence-electron chi connectivity index (χ0n) is 9.33. The molecule has 0 spiro atoms. The van der Waals surface area contributed by atoms with Crippen LogP contribution >= 0.6 is 24.8 Å². The van der Waals surface area contributed by atoms with Crippen LogP contribution in [0.5, 0.6) is 0 Å². The highest BCUT2D eigenvalue weighted by Crippen LogP contribution is 2.22. The van der Waals surface area contributed by atoms with Gasteiger partial charge in [-0.25, -0.2) is 0 Å². The fraction of sp³-hybridized carbons (Fsp3) is 0. The maximum atomic E-state index is 8.68. The normalized spacial score (nSPS) is 8.78. The first-order chi connectivity index (χ1) is 7.83. The van der Waals surface area contributed by atoms with Gasteiger partial charge < -0.3 is 0 Å². The molecule has 0 saturated carbocycles. The molecule has 0 heterocycles. The summed E-state index contributed by atoms with van der Waals surface area (Å²) in [5.74, 6) is 0. The summed E-state index contributed by atoms with van der Waals surface area (Å²) in [6, 6.07) is 14.8. The molecule has 4 nitrogen and oxygen atoms in total. The van der Waals surface area contributed by atoms with Gasteiger partial charge in [-0.15, -0.1) is 24.8 Å². The van der Waals surface area contributed by atoms with Gasteiger partial charge in [-0.3, -0.25) is 21.4 Å². The molecule has 2 rings (SSSR count). The van der Waals surface area contributed by atoms with Crippen molar-refractivity contribution in [3.63, 3.8) is 0 Å². The van der Waals surface area contributed by atoms with Crippen LogP contribution < -0.4 is 11.0 Å². The third-order valence-corrected chi connectivity index (χ3v) is 2.36. The largest absolute Gasteiger partial charge is 0.291 e. The Morgan fingerprint density at radius 3 is 1.06 bits per heavy atom. The van der Waals surface area contributed by atoms with Crippen molar-refractivity contribution in [1.82, 2.24) is 0 Å². The first kappa shape index (κ1) is 16.5. The SMILES string of the molecule is Cl.Cl.ONc1ccc(-c2ccc(NO)cc2)cc1. The van der Waals surface area contributed by atoms with Crippen LogP contribution in [0.2, 0.25) is 0 Å². The molecule has 0 aliphatic heterocycles. The van der Waals surface area contributed by atoms with E-state index in [0.29, 0.717) is 11.4 Å². The second-order valence-corrected chi connectivity index (χ2v) is 3.38. The van der Waals surface area contributed by atoms with Gasteiger partial charge in [0.05, 0.1) is 11.4 Å². The van der Waals surface area contributed by atoms with Crippen LogP contribution in [0.3, 0.4) is 0 Å². The van der Waals surface area contributed by atoms with Gasteiger partial charge in [-0.1, -0.05) is 24.3 Å². The molecule has 0 amide bonds. The average Bonchev–Trinajstić information content (AvgIpc) is 2.39. The fourth-order valence-corrected chi connectivity index (χ4v) is 1.47. The number of hydrogen-bond donors (Lipinski definition) is 4. The van der Waals surface area contributed by atoms with Crippen LogP contribution in [0.1, 0.15) is 0 Å². The van der Waals surface area contributed by atoms with Crippen LogP contribution in [-0.2, 0) is 0 Å². The van der Waals surface area contributed by atoms with Gasteiger partial charge in [-0.2, -0.15) is 0 Å². The summed E-state index contributed by atoms with van der Waals surface area (Å²) < 4.78 is 0. The Morgan fingerprint density at radius 1 is 0.556 bits per heavy atom. The van der Waals surface area contributed by atoms with Crippen LogP contribution in [0.4, 0.5) is 11.4 Å². The average molecular weight is 289 g/mol. The van der Waals surface area contributed by atoms with Crippen LogP contribution in [0, 0.1) is 0 Å². The predicted molar refractivity (Wildman–Crippen MR) is 77.2 cm³/mol. The van der Waals surface area contributed by atoms with Crippen molar-refractivity contribution in [1.29, 1.82) is 0 Å². The van der Waals surface area contributed by atoms with E-state index in [0.717, 1.165) is 11.1 Å². The highest BCUT2D eigenvalue weighted by atomic mass is 35.5. The van der Waals surface area contributed by atoms with Gasteiger partial charge in [0.2, 0.25) is 0 Å². The molecule has 0 aromatic heterocycles. The second-order valence-electron chi connectivity index (χ2n) is 3.38. The lowest BCUT2D eigenvalue weighted by molar-refractivity contribution is 0.388. The number of halogens is 2. The molecule has 2 aromatic rings. The summed E-state index contributed by atoms with van der Waals surface area (Å²) in [5.41, 5.74) is 7.55. The Kier molecular flexibility index (Phi) is 7.16. The maximum Gasteiger partial charge on any atom is 0.0602 e. The van der Waals surface area contributed by atoms with E-state index >= 15 is 0 Å². The molecular formula is C12H14Cl2N2O2. The van der Waals surface area contributed by atoms with Gasteiger partial charge >= 0.3 is 0 Å². The van der Waals surface area contributed by atoms with Crippen LogP contribution in [0.15, 0.2) is 48.5 Å². The molecule has 18 heavy (non-hydrogen) atoms. The summed E-state index contributed by atoms with van der Waals surface area (Å²) in [5, 5.41) is 17.4. The minimum atomic E-state index is 0. The zero-order chi connectivity index (χ0) is 11.4. The molecule has 0 fully saturated rings. The van der Waals surface area contributed by atoms with Gasteiger partial charge in [0.1, 0.15) is 0 Å². The summed E-state index contributed by atoms with van der Waals surface area (Å²) in [7, 11) is 0. The van der Waals surface area contributed by atoms with Gasteiger partial charge in [0.15, 0.2) is 0 Å². The van der Waals surface area contributed by atoms with E-state index in [4.69, 9.17) is 10.4 Å². The predicted octanol–water partition coefficient (Wildman–Crippen LogP) is 3.80. The van der Waals surface area contributed by atoms with Gasteiger partial charge in [-0.05, 0) is 35.4 Å². The smallest absolute Gasteiger partial charge is 0.0602 e. The third-order valence-electron chi connectivity index (χ3n) is 2.36. The highest BCUT2D eigenvalue weighted by molar-refractivity contribution is 5.85. The lowest BCUT2D eigenvalue weighted by Crippen LogP contribution is -1.89. The van der Waals surface area contributed by atoms with E-state index in [1.54, 1.807) is 24.3 Å². The topological polar surface area (TPSA) is 64.5 Å². The monoisotopic (exact) mass is 288 g/mol. The van der Waals surface area contributed by atoms with Gasteiger partial charge in [0, 0.05) is 0 Å². The first-order valence-corrected chi connectivity index (χ1v) is 4.84. The summed E-state index contributed by atoms with van der Waals surface area (Å²) in [6.45, 7) is 0. The number of hydrogen-bond acceptors (Lipinski definition) is 4. The Hall–Kier alpha value is -1.46. The van der Waals surface area contributed by atoms with Crippen molar-refractivity contribution < 1.29 is 10.4 Å². The Balaban J connectivity index is 0.00000144. The molecular weight excluding hydrogens is 275 g/mol. The summed E-state index contributed by atoms with van der Waals surface area (Å²) in [4.78, 5) is 0. The van der Waals surface area contributed by atoms with Crippen LogP contribution in [0.25, 0.3) is 11.1 Å². The van der Waals surface area contributed by atoms with E-state index in [1.165, 1.54) is 0 Å². The van der Waals surface area contributed by atoms with Crippen molar-refractivity contribution in [3.8, 4) is 11.1 Å². The quantitative estimate of drug-likeness (QED) is 0.649. The molecule has 0 radical (unpaired) electrons. The lowest BCUT2D eigenvalue weighted by atomic mass is 10.1. The van der Waals surface area contributed by atoms with E-state index in [9.17, 15) is 0 Å². The Bertz CT molecular complexity index is 415. The zero-order valence-corrected chi connectivity index (χ0v) is 11.0. The molecule has 6 heteroatoms. The minimum Gasteiger partial charge on any atom is -0.291 e. The lowest BCUT2D eigenvalue weighted by Gasteiger charge is -2.04. The summed E-state index contributed by atoms with van der Waals surface area (Å²) >= 11 is 0. The van der Waals surface area contributed by atoms with Crippen molar-refractivity contribution in [2.45, 2.75) is 0 Å². The molecule has 98 valence electrons. The van der Waals surface area contributed by atoms with Crippen molar-refractivity contribution in [3.05, 3.63) is 48.5 Å². The van der Waals surface area contributed by atoms with Crippen molar-refractivity contribution in [2.24, 2.45) is 0 Å². The molecule has 4 N–H and O–H groups in total. The van der Waals surface area contributed by atoms with Crippen LogP contribution in [-0.4, -0.2) is 10.4 Å². The Labute approximate surface area is 117 Å². The molecule has 0 atom stereocenters. The van der Waals surface area contributed by atoms with Crippen molar-refractivity contribution in [2.75, 3.05) is 11.0 Å². The highest BCUT2D eigenvalue weighted by Gasteiger charge is 1.97. The van der Waals surface area contributed by atoms with E-state index in [-0.39, 0.29) is 24.8 Å². The maximum absolute atomic E-state index is 8.68. The molecule has 0 aliphatic rings. The minimum absolute atomic E-state index is 0. The molecule has 0 aliphatic carbocycles. The molecule has 0 saturated heterocycles. The Morgan fingerprint density at radius 2 is 0.833 bits per heavy atom. The number of rotatable bonds is 3. The molecule has 0 unspecified atom stereocenters. The second kappa shape index (κ2) is 7.79. The van der Waals surface area contributed by atoms with E-state index in [2.05, 4.69) is 11.0 Å². The van der Waals surface area contributed by atoms with Crippen molar-refractivity contribution >= 4 is 36.2 Å². The standard InChI is InChI=1S/C12H12N2O2.2ClH/c15-13-11-5-1-9(2-6-11)10-3-7-12(14-16)8-4-10;;/h1-8,13-16H;2*1H. The first-order valence-electron chi connectivity index (χ1n) is 4.84. The van der Waals surface area contributed by atoms with Gasteiger partial charge in [0.25, 0.3) is 0 Å². The summed E-state index contributed by atoms with van der Waals surface area (Å²) in [6.07, 6.45) is 0. The fourth-order valence-electron chi connectivity index (χ4n) is 1.47. The van der Waals surface area contributed by atoms with E-state index < -0.39 is 0 Å². The van der Waals surface area contributed by atoms with E-state index in [1.807, 2.05) is 24.3 Å². The number of anilines is 2. The number of benzene rings is 2. The number of nitrogens with one attached hydrogen (secondary N) is 2. The molecule has 0 bridgehead atoms. The third kappa shape index (κ3) is 3.78. The molecule has 2 aromatic carbocycles.